The Morgan fingerprint density at radius 1 is 0.380 bits per heavy atom. The first kappa shape index (κ1) is 112. The van der Waals surface area contributed by atoms with E-state index in [1.165, 1.54) is 36.8 Å². The lowest BCUT2D eigenvalue weighted by Gasteiger charge is -2.45. The first-order valence-electron chi connectivity index (χ1n) is 45.8. The van der Waals surface area contributed by atoms with E-state index in [1.54, 1.807) is 151 Å². The van der Waals surface area contributed by atoms with Gasteiger partial charge in [-0.2, -0.15) is 55.3 Å². The van der Waals surface area contributed by atoms with Crippen LogP contribution >= 0.6 is 34.8 Å². The average Bonchev–Trinajstić information content (AvgIpc) is 0.722. The highest BCUT2D eigenvalue weighted by Crippen LogP contribution is 2.52. The van der Waals surface area contributed by atoms with E-state index in [1.807, 2.05) is 18.2 Å². The summed E-state index contributed by atoms with van der Waals surface area (Å²) in [5.74, 6) is -22.9. The van der Waals surface area contributed by atoms with Gasteiger partial charge in [0.05, 0.1) is 117 Å². The molecule has 27 nitrogen and oxygen atoms in total. The Labute approximate surface area is 858 Å². The molecule has 786 valence electrons. The Bertz CT molecular complexity index is 7280. The molecule has 6 N–H and O–H groups in total. The van der Waals surface area contributed by atoms with Crippen LogP contribution < -0.4 is 48.6 Å². The van der Waals surface area contributed by atoms with E-state index in [0.717, 1.165) is 31.9 Å². The molecule has 3 aromatic carbocycles. The van der Waals surface area contributed by atoms with Crippen LogP contribution in [0.15, 0.2) is 107 Å². The van der Waals surface area contributed by atoms with Crippen molar-refractivity contribution in [1.82, 2.24) is 58.3 Å². The quantitative estimate of drug-likeness (QED) is 0.0371. The van der Waals surface area contributed by atoms with Gasteiger partial charge in [-0.15, -0.1) is 0 Å². The summed E-state index contributed by atoms with van der Waals surface area (Å²) in [6.07, 6.45) is -9.04. The highest BCUT2D eigenvalue weighted by Gasteiger charge is 2.49. The van der Waals surface area contributed by atoms with Crippen molar-refractivity contribution in [2.75, 3.05) is 71.2 Å². The van der Waals surface area contributed by atoms with Gasteiger partial charge in [-0.3, -0.25) is 57.4 Å². The molecule has 12 aromatic rings. The third kappa shape index (κ3) is 19.4. The van der Waals surface area contributed by atoms with Crippen molar-refractivity contribution >= 4 is 120 Å². The van der Waals surface area contributed by atoms with Gasteiger partial charge in [-0.1, -0.05) is 96.1 Å². The Kier molecular flexibility index (Phi) is 31.3. The molecule has 3 aliphatic rings. The smallest absolute Gasteiger partial charge is 0.396 e. The number of carbonyl (C=O) groups excluding carboxylic acids is 3. The molecule has 12 heterocycles. The molecule has 3 fully saturated rings. The molecule has 0 saturated carbocycles. The van der Waals surface area contributed by atoms with Crippen molar-refractivity contribution < 1.29 is 93.4 Å². The number of halogens is 21. The Morgan fingerprint density at radius 3 is 0.767 bits per heavy atom. The van der Waals surface area contributed by atoms with E-state index in [2.05, 4.69) is 49.6 Å². The molecular formula is C102H90Cl3F18N21O6. The predicted molar refractivity (Wildman–Crippen MR) is 530 cm³/mol. The van der Waals surface area contributed by atoms with Crippen molar-refractivity contribution in [2.24, 2.45) is 0 Å². The second-order valence-corrected chi connectivity index (χ2v) is 38.2. The molecule has 0 spiro atoms. The zero-order valence-corrected chi connectivity index (χ0v) is 84.4. The summed E-state index contributed by atoms with van der Waals surface area (Å²) in [4.78, 5) is 118. The molecule has 0 aliphatic carbocycles. The number of piperazine rings is 3. The summed E-state index contributed by atoms with van der Waals surface area (Å²) in [6, 6.07) is 11.4. The zero-order chi connectivity index (χ0) is 111. The van der Waals surface area contributed by atoms with E-state index < -0.39 is 206 Å². The number of nitrogen functional groups attached to an aromatic ring is 3. The monoisotopic (exact) mass is 2150 g/mol. The van der Waals surface area contributed by atoms with Crippen LogP contribution in [0.3, 0.4) is 0 Å². The number of anilines is 6. The summed E-state index contributed by atoms with van der Waals surface area (Å²) in [6.45, 7) is 37.5. The summed E-state index contributed by atoms with van der Waals surface area (Å²) in [5.41, 5.74) is -2.40. The number of aromatic nitrogens is 9. The molecule has 48 heteroatoms. The number of carbonyl (C=O) groups is 3. The zero-order valence-electron chi connectivity index (χ0n) is 82.2. The molecular weight excluding hydrogens is 2060 g/mol. The first-order valence-corrected chi connectivity index (χ1v) is 46.9. The van der Waals surface area contributed by atoms with Gasteiger partial charge in [0.2, 0.25) is 17.7 Å². The summed E-state index contributed by atoms with van der Waals surface area (Å²) in [5, 5.41) is 29.9. The van der Waals surface area contributed by atoms with Crippen LogP contribution in [0, 0.1) is 107 Å². The van der Waals surface area contributed by atoms with Gasteiger partial charge in [0.1, 0.15) is 86.0 Å². The molecule has 15 rings (SSSR count). The van der Waals surface area contributed by atoms with Gasteiger partial charge in [-0.25, -0.2) is 54.5 Å². The molecule has 9 aromatic heterocycles. The van der Waals surface area contributed by atoms with Crippen LogP contribution in [-0.4, -0.2) is 152 Å². The third-order valence-electron chi connectivity index (χ3n) is 26.0. The topological polar surface area (TPSA) is 363 Å². The van der Waals surface area contributed by atoms with E-state index in [0.29, 0.717) is 33.8 Å². The second kappa shape index (κ2) is 42.0. The maximum atomic E-state index is 15.7. The Balaban J connectivity index is 0.000000187. The molecule has 0 unspecified atom stereocenters. The normalized spacial score (nSPS) is 16.6. The summed E-state index contributed by atoms with van der Waals surface area (Å²) >= 11 is 19.8. The fourth-order valence-electron chi connectivity index (χ4n) is 19.7. The van der Waals surface area contributed by atoms with E-state index in [9.17, 15) is 110 Å². The fraction of sp³-hybridized carbons (Fsp3) is 0.324. The molecule has 3 saturated heterocycles. The number of amides is 3. The largest absolute Gasteiger partial charge is 0.422 e. The maximum Gasteiger partial charge on any atom is 0.422 e. The number of aryl methyl sites for hydroxylation is 3. The standard InChI is InChI=1S/3C34H30ClF6N7O2/c3*1-7-21(49)47-16(5)12-46(13-17(47)6)31-18-10-20(35)29(22-24(36)23(34(39,40)41)25(37)26(38)27(22)43)45-32(18)48(33(50)19(31)11-42)30-15(4)8-9-44-28(30)14(2)3/h3*7-10,14,16-17H,1,12-13,43H2,2-6H3/t3*16-,17+. The number of nitrogens with two attached hydrogens (primary N) is 3. The van der Waals surface area contributed by atoms with Crippen LogP contribution in [0.1, 0.15) is 168 Å². The van der Waals surface area contributed by atoms with Gasteiger partial charge in [0.15, 0.2) is 34.9 Å². The number of hydrogen-bond donors (Lipinski definition) is 3. The highest BCUT2D eigenvalue weighted by molar-refractivity contribution is 6.35. The van der Waals surface area contributed by atoms with Gasteiger partial charge in [0, 0.05) is 110 Å². The molecule has 0 bridgehead atoms. The average molecular weight is 2150 g/mol. The predicted octanol–water partition coefficient (Wildman–Crippen LogP) is 21.1. The van der Waals surface area contributed by atoms with Crippen LogP contribution in [0.4, 0.5) is 113 Å². The number of fused-ring (bicyclic) bond motifs is 3. The molecule has 150 heavy (non-hydrogen) atoms. The molecule has 3 aliphatic heterocycles. The van der Waals surface area contributed by atoms with Crippen molar-refractivity contribution in [3.05, 3.63) is 259 Å². The molecule has 0 radical (unpaired) electrons. The lowest BCUT2D eigenvalue weighted by molar-refractivity contribution is -0.143. The minimum absolute atomic E-state index is 0.0355. The summed E-state index contributed by atoms with van der Waals surface area (Å²) < 4.78 is 263. The van der Waals surface area contributed by atoms with Crippen LogP contribution in [-0.2, 0) is 32.9 Å². The van der Waals surface area contributed by atoms with Crippen molar-refractivity contribution in [2.45, 2.75) is 176 Å². The van der Waals surface area contributed by atoms with E-state index in [-0.39, 0.29) is 159 Å². The number of nitrogens with zero attached hydrogens (tertiary/aromatic N) is 18. The van der Waals surface area contributed by atoms with Crippen molar-refractivity contribution in [1.29, 1.82) is 15.8 Å². The van der Waals surface area contributed by atoms with Crippen molar-refractivity contribution in [3.63, 3.8) is 0 Å². The van der Waals surface area contributed by atoms with E-state index in [4.69, 9.17) is 52.0 Å². The third-order valence-corrected chi connectivity index (χ3v) is 26.8. The molecule has 3 amide bonds. The molecule has 6 atom stereocenters. The van der Waals surface area contributed by atoms with E-state index >= 15 is 13.2 Å². The number of alkyl halides is 9. The van der Waals surface area contributed by atoms with Crippen LogP contribution in [0.5, 0.6) is 0 Å². The number of rotatable bonds is 15. The number of hydrogen-bond acceptors (Lipinski definition) is 21. The second-order valence-electron chi connectivity index (χ2n) is 37.0. The Hall–Kier alpha value is -15.3. The van der Waals surface area contributed by atoms with Crippen LogP contribution in [0.25, 0.3) is 83.9 Å². The fourth-order valence-corrected chi connectivity index (χ4v) is 20.4. The van der Waals surface area contributed by atoms with Gasteiger partial charge >= 0.3 is 18.5 Å². The maximum absolute atomic E-state index is 15.7. The van der Waals surface area contributed by atoms with Crippen molar-refractivity contribution in [3.8, 4) is 69.0 Å². The number of nitriles is 3. The lowest BCUT2D eigenvalue weighted by Crippen LogP contribution is -2.58. The SMILES string of the molecule is C=CC(=O)N1[C@H](C)CN(c2c(C#N)c(=O)n(-c3c(C)ccnc3C(C)C)c3nc(-c4c(N)c(F)c(F)c(C(F)(F)F)c4F)c(Cl)cc23)C[C@@H]1C.C=CC(=O)N1[C@H](C)CN(c2c(C#N)c(=O)n(-c3c(C)ccnc3C(C)C)c3nc(-c4c(N)c(F)c(F)c(C(F)(F)F)c4F)c(Cl)cc23)C[C@@H]1C.C=CC(=O)N1[C@H](C)CN(c2c(C#N)c(=O)n(-c3c(C)ccnc3C(C)C)c3nc(-c4c(N)c(F)c(F)c(C(F)(F)F)c4F)c(Cl)cc23)C[C@@H]1C. The van der Waals surface area contributed by atoms with Gasteiger partial charge in [-0.05, 0) is 151 Å². The highest BCUT2D eigenvalue weighted by atomic mass is 35.5. The number of benzene rings is 3. The van der Waals surface area contributed by atoms with Gasteiger partial charge < -0.3 is 46.6 Å². The minimum atomic E-state index is -5.68. The minimum Gasteiger partial charge on any atom is -0.396 e. The van der Waals surface area contributed by atoms with Crippen LogP contribution in [0.2, 0.25) is 15.1 Å². The first-order chi connectivity index (χ1) is 70.1. The summed E-state index contributed by atoms with van der Waals surface area (Å²) in [7, 11) is 0. The lowest BCUT2D eigenvalue weighted by atomic mass is 9.99. The Morgan fingerprint density at radius 2 is 0.587 bits per heavy atom. The number of pyridine rings is 9. The van der Waals surface area contributed by atoms with Gasteiger partial charge in [0.25, 0.3) is 16.7 Å².